The van der Waals surface area contributed by atoms with Crippen molar-refractivity contribution in [3.63, 3.8) is 0 Å². The maximum Gasteiger partial charge on any atom is 0.305 e. The van der Waals surface area contributed by atoms with Crippen LogP contribution in [0.4, 0.5) is 4.39 Å². The molecular weight excluding hydrogens is 371 g/mol. The number of carbonyl (C=O) groups is 2. The van der Waals surface area contributed by atoms with E-state index in [0.29, 0.717) is 17.4 Å². The van der Waals surface area contributed by atoms with Crippen molar-refractivity contribution < 1.29 is 23.6 Å². The van der Waals surface area contributed by atoms with E-state index in [-0.39, 0.29) is 24.2 Å². The zero-order valence-electron chi connectivity index (χ0n) is 18.3. The summed E-state index contributed by atoms with van der Waals surface area (Å²) in [5.74, 6) is -1.11. The van der Waals surface area contributed by atoms with Crippen LogP contribution in [-0.2, 0) is 16.0 Å². The van der Waals surface area contributed by atoms with Crippen LogP contribution in [0.2, 0.25) is 0 Å². The molecule has 164 valence electrons. The summed E-state index contributed by atoms with van der Waals surface area (Å²) in [7, 11) is 5.96. The molecule has 0 unspecified atom stereocenters. The highest BCUT2D eigenvalue weighted by molar-refractivity contribution is 5.77. The number of nitrogens with zero attached hydrogens (tertiary/aromatic N) is 1. The lowest BCUT2D eigenvalue weighted by molar-refractivity contribution is -0.871. The fraction of sp³-hybridized carbons (Fsp3) is 0.652. The van der Waals surface area contributed by atoms with Crippen LogP contribution in [0, 0.1) is 5.82 Å². The molecule has 0 saturated carbocycles. The van der Waals surface area contributed by atoms with Gasteiger partial charge in [0.1, 0.15) is 5.82 Å². The average molecular weight is 410 g/mol. The summed E-state index contributed by atoms with van der Waals surface area (Å²) in [4.78, 5) is 23.1. The Kier molecular flexibility index (Phi) is 11.5. The number of rotatable bonds is 15. The predicted octanol–water partition coefficient (Wildman–Crippen LogP) is 4.15. The van der Waals surface area contributed by atoms with Crippen LogP contribution in [-0.4, -0.2) is 55.2 Å². The van der Waals surface area contributed by atoms with Crippen molar-refractivity contribution in [1.29, 1.82) is 0 Å². The number of hydrogen-bond acceptors (Lipinski definition) is 2. The van der Waals surface area contributed by atoms with E-state index in [1.165, 1.54) is 6.07 Å². The topological polar surface area (TPSA) is 66.4 Å². The van der Waals surface area contributed by atoms with E-state index >= 15 is 0 Å². The van der Waals surface area contributed by atoms with Crippen LogP contribution in [0.1, 0.15) is 63.4 Å². The van der Waals surface area contributed by atoms with Crippen molar-refractivity contribution >= 4 is 11.9 Å². The number of likely N-dealkylation sites (N-methyl/N-ethyl adjacent to an activating group) is 1. The lowest BCUT2D eigenvalue weighted by Gasteiger charge is -2.29. The van der Waals surface area contributed by atoms with E-state index in [1.54, 1.807) is 12.1 Å². The fourth-order valence-corrected chi connectivity index (χ4v) is 3.52. The van der Waals surface area contributed by atoms with Crippen molar-refractivity contribution in [2.75, 3.05) is 27.7 Å². The number of aryl methyl sites for hydroxylation is 1. The van der Waals surface area contributed by atoms with Crippen LogP contribution in [0.5, 0.6) is 0 Å². The third kappa shape index (κ3) is 13.8. The third-order valence-electron chi connectivity index (χ3n) is 4.81. The highest BCUT2D eigenvalue weighted by atomic mass is 19.1. The average Bonchev–Trinajstić information content (AvgIpc) is 2.58. The summed E-state index contributed by atoms with van der Waals surface area (Å²) in [6.45, 7) is 0.591. The molecular formula is C23H38FN2O3+. The molecule has 29 heavy (non-hydrogen) atoms. The standard InChI is InChI=1S/C23H37FN2O3/c1-26(2,3)18-21(17-23(28)29)25-22(27)15-10-8-6-4-5-7-9-12-19-13-11-14-20(24)16-19/h11,13-14,16,21H,4-10,12,15,17-18H2,1-3H3,(H-,25,27,28,29)/p+1/t21-/m1/s1. The van der Waals surface area contributed by atoms with Crippen molar-refractivity contribution in [2.24, 2.45) is 0 Å². The fourth-order valence-electron chi connectivity index (χ4n) is 3.52. The van der Waals surface area contributed by atoms with Crippen LogP contribution in [0.15, 0.2) is 24.3 Å². The zero-order chi connectivity index (χ0) is 21.7. The Morgan fingerprint density at radius 3 is 2.24 bits per heavy atom. The maximum absolute atomic E-state index is 13.1. The first-order valence-electron chi connectivity index (χ1n) is 10.7. The van der Waals surface area contributed by atoms with Gasteiger partial charge in [-0.1, -0.05) is 44.2 Å². The van der Waals surface area contributed by atoms with Gasteiger partial charge in [0.25, 0.3) is 0 Å². The summed E-state index contributed by atoms with van der Waals surface area (Å²) < 4.78 is 13.7. The summed E-state index contributed by atoms with van der Waals surface area (Å²) in [6, 6.07) is 6.47. The van der Waals surface area contributed by atoms with Gasteiger partial charge in [-0.05, 0) is 37.0 Å². The Morgan fingerprint density at radius 1 is 1.03 bits per heavy atom. The molecule has 0 aliphatic heterocycles. The number of unbranched alkanes of at least 4 members (excludes halogenated alkanes) is 6. The molecule has 1 atom stereocenters. The number of benzene rings is 1. The molecule has 1 aromatic carbocycles. The molecule has 1 amide bonds. The van der Waals surface area contributed by atoms with Gasteiger partial charge in [-0.2, -0.15) is 0 Å². The first kappa shape index (κ1) is 25.1. The molecule has 0 heterocycles. The summed E-state index contributed by atoms with van der Waals surface area (Å²) in [5, 5.41) is 11.9. The molecule has 6 heteroatoms. The summed E-state index contributed by atoms with van der Waals surface area (Å²) in [6.07, 6.45) is 8.79. The van der Waals surface area contributed by atoms with Gasteiger partial charge in [0.2, 0.25) is 5.91 Å². The van der Waals surface area contributed by atoms with Gasteiger partial charge in [-0.15, -0.1) is 0 Å². The summed E-state index contributed by atoms with van der Waals surface area (Å²) in [5.41, 5.74) is 1.06. The number of nitrogens with one attached hydrogen (secondary N) is 1. The van der Waals surface area contributed by atoms with Gasteiger partial charge >= 0.3 is 5.97 Å². The van der Waals surface area contributed by atoms with E-state index in [4.69, 9.17) is 5.11 Å². The zero-order valence-corrected chi connectivity index (χ0v) is 18.3. The molecule has 2 N–H and O–H groups in total. The minimum absolute atomic E-state index is 0.0448. The van der Waals surface area contributed by atoms with Crippen molar-refractivity contribution in [1.82, 2.24) is 5.32 Å². The highest BCUT2D eigenvalue weighted by Gasteiger charge is 2.22. The number of amides is 1. The lowest BCUT2D eigenvalue weighted by Crippen LogP contribution is -2.49. The smallest absolute Gasteiger partial charge is 0.305 e. The third-order valence-corrected chi connectivity index (χ3v) is 4.81. The van der Waals surface area contributed by atoms with E-state index in [9.17, 15) is 14.0 Å². The number of halogens is 1. The van der Waals surface area contributed by atoms with Crippen molar-refractivity contribution in [3.8, 4) is 0 Å². The molecule has 0 aliphatic rings. The normalized spacial score (nSPS) is 12.6. The Hall–Kier alpha value is -1.95. The molecule has 0 fully saturated rings. The van der Waals surface area contributed by atoms with Crippen LogP contribution in [0.3, 0.4) is 0 Å². The van der Waals surface area contributed by atoms with Gasteiger partial charge in [0.05, 0.1) is 40.2 Å². The lowest BCUT2D eigenvalue weighted by atomic mass is 10.0. The molecule has 1 aromatic rings. The van der Waals surface area contributed by atoms with E-state index in [1.807, 2.05) is 27.2 Å². The van der Waals surface area contributed by atoms with Crippen molar-refractivity contribution in [3.05, 3.63) is 35.6 Å². The SMILES string of the molecule is C[N+](C)(C)C[C@@H](CC(=O)O)NC(=O)CCCCCCCCCc1cccc(F)c1. The number of aliphatic carboxylic acids is 1. The number of hydrogen-bond donors (Lipinski definition) is 2. The second kappa shape index (κ2) is 13.3. The Bertz CT molecular complexity index is 629. The Labute approximate surface area is 174 Å². The number of carboxylic acids is 1. The van der Waals surface area contributed by atoms with Crippen LogP contribution in [0.25, 0.3) is 0 Å². The van der Waals surface area contributed by atoms with Gasteiger partial charge in [-0.3, -0.25) is 9.59 Å². The molecule has 0 spiro atoms. The monoisotopic (exact) mass is 409 g/mol. The molecule has 0 aromatic heterocycles. The number of carbonyl (C=O) groups excluding carboxylic acids is 1. The predicted molar refractivity (Wildman–Crippen MR) is 114 cm³/mol. The largest absolute Gasteiger partial charge is 0.481 e. The molecule has 0 bridgehead atoms. The second-order valence-electron chi connectivity index (χ2n) is 8.94. The van der Waals surface area contributed by atoms with Crippen LogP contribution >= 0.6 is 0 Å². The Morgan fingerprint density at radius 2 is 1.66 bits per heavy atom. The minimum atomic E-state index is -0.888. The van der Waals surface area contributed by atoms with E-state index in [2.05, 4.69) is 5.32 Å². The molecule has 0 radical (unpaired) electrons. The Balaban J connectivity index is 2.08. The van der Waals surface area contributed by atoms with Crippen molar-refractivity contribution in [2.45, 2.75) is 70.3 Å². The van der Waals surface area contributed by atoms with E-state index in [0.717, 1.165) is 56.9 Å². The van der Waals surface area contributed by atoms with Crippen LogP contribution < -0.4 is 5.32 Å². The minimum Gasteiger partial charge on any atom is -0.481 e. The van der Waals surface area contributed by atoms with Gasteiger partial charge in [-0.25, -0.2) is 4.39 Å². The number of quaternary nitrogens is 1. The molecule has 0 aliphatic carbocycles. The van der Waals surface area contributed by atoms with Gasteiger partial charge in [0.15, 0.2) is 0 Å². The van der Waals surface area contributed by atoms with Gasteiger partial charge < -0.3 is 14.9 Å². The highest BCUT2D eigenvalue weighted by Crippen LogP contribution is 2.12. The maximum atomic E-state index is 13.1. The first-order chi connectivity index (χ1) is 13.7. The summed E-state index contributed by atoms with van der Waals surface area (Å²) >= 11 is 0. The quantitative estimate of drug-likeness (QED) is 0.338. The number of carboxylic acid groups (broad SMARTS) is 1. The molecule has 1 rings (SSSR count). The van der Waals surface area contributed by atoms with Gasteiger partial charge in [0, 0.05) is 6.42 Å². The molecule has 5 nitrogen and oxygen atoms in total. The molecule has 0 saturated heterocycles. The van der Waals surface area contributed by atoms with E-state index < -0.39 is 5.97 Å². The first-order valence-corrected chi connectivity index (χ1v) is 10.7. The second-order valence-corrected chi connectivity index (χ2v) is 8.94.